The molecule has 9 heteroatoms. The van der Waals surface area contributed by atoms with Gasteiger partial charge in [0.25, 0.3) is 10.0 Å². The first-order valence-corrected chi connectivity index (χ1v) is 9.59. The van der Waals surface area contributed by atoms with E-state index in [2.05, 4.69) is 9.82 Å². The highest BCUT2D eigenvalue weighted by atomic mass is 35.5. The van der Waals surface area contributed by atoms with Crippen molar-refractivity contribution in [1.29, 1.82) is 0 Å². The molecule has 0 bridgehead atoms. The van der Waals surface area contributed by atoms with Gasteiger partial charge in [-0.2, -0.15) is 5.10 Å². The molecule has 0 aliphatic heterocycles. The summed E-state index contributed by atoms with van der Waals surface area (Å²) in [6, 6.07) is 8.47. The van der Waals surface area contributed by atoms with Gasteiger partial charge in [0.05, 0.1) is 18.4 Å². The van der Waals surface area contributed by atoms with Gasteiger partial charge < -0.3 is 0 Å². The highest BCUT2D eigenvalue weighted by Gasteiger charge is 2.16. The Morgan fingerprint density at radius 3 is 2.57 bits per heavy atom. The Labute approximate surface area is 147 Å². The van der Waals surface area contributed by atoms with E-state index in [1.807, 2.05) is 0 Å². The maximum absolute atomic E-state index is 12.2. The van der Waals surface area contributed by atoms with Gasteiger partial charge in [-0.05, 0) is 23.6 Å². The molecule has 0 spiro atoms. The van der Waals surface area contributed by atoms with Crippen LogP contribution in [0.3, 0.4) is 0 Å². The van der Waals surface area contributed by atoms with E-state index in [1.54, 1.807) is 46.6 Å². The standard InChI is InChI=1S/C14H11Cl2N3O2S2/c15-12-3-1-4-13(16)11(12)9-19-8-10(7-17-19)18-23(20,21)14-5-2-6-22-14/h1-8,18H,9H2. The second-order valence-electron chi connectivity index (χ2n) is 4.66. The molecule has 0 saturated carbocycles. The van der Waals surface area contributed by atoms with Gasteiger partial charge in [-0.25, -0.2) is 8.42 Å². The molecule has 0 unspecified atom stereocenters. The highest BCUT2D eigenvalue weighted by Crippen LogP contribution is 2.25. The summed E-state index contributed by atoms with van der Waals surface area (Å²) in [7, 11) is -3.58. The third-order valence-corrected chi connectivity index (χ3v) is 6.51. The number of hydrogen-bond acceptors (Lipinski definition) is 4. The summed E-state index contributed by atoms with van der Waals surface area (Å²) < 4.78 is 28.6. The number of anilines is 1. The fourth-order valence-corrected chi connectivity index (χ4v) is 4.51. The largest absolute Gasteiger partial charge is 0.276 e. The molecule has 1 aromatic carbocycles. The van der Waals surface area contributed by atoms with Crippen LogP contribution in [0.2, 0.25) is 10.0 Å². The van der Waals surface area contributed by atoms with Crippen LogP contribution in [0.5, 0.6) is 0 Å². The van der Waals surface area contributed by atoms with Gasteiger partial charge in [0, 0.05) is 21.8 Å². The van der Waals surface area contributed by atoms with Crippen molar-refractivity contribution >= 4 is 50.2 Å². The first-order chi connectivity index (χ1) is 11.0. The maximum atomic E-state index is 12.2. The van der Waals surface area contributed by atoms with Crippen LogP contribution in [-0.4, -0.2) is 18.2 Å². The second-order valence-corrected chi connectivity index (χ2v) is 8.34. The number of benzene rings is 1. The van der Waals surface area contributed by atoms with Gasteiger partial charge in [-0.3, -0.25) is 9.40 Å². The van der Waals surface area contributed by atoms with Gasteiger partial charge >= 0.3 is 0 Å². The number of nitrogens with zero attached hydrogens (tertiary/aromatic N) is 2. The molecule has 23 heavy (non-hydrogen) atoms. The van der Waals surface area contributed by atoms with Crippen molar-refractivity contribution in [3.8, 4) is 0 Å². The zero-order chi connectivity index (χ0) is 16.4. The summed E-state index contributed by atoms with van der Waals surface area (Å²) in [5, 5.41) is 6.91. The van der Waals surface area contributed by atoms with E-state index in [1.165, 1.54) is 6.20 Å². The molecule has 120 valence electrons. The molecule has 0 saturated heterocycles. The molecule has 2 heterocycles. The van der Waals surface area contributed by atoms with Gasteiger partial charge in [0.15, 0.2) is 0 Å². The van der Waals surface area contributed by atoms with Crippen LogP contribution >= 0.6 is 34.5 Å². The number of thiophene rings is 1. The summed E-state index contributed by atoms with van der Waals surface area (Å²) >= 11 is 13.4. The number of rotatable bonds is 5. The van der Waals surface area contributed by atoms with Crippen molar-refractivity contribution in [2.24, 2.45) is 0 Å². The summed E-state index contributed by atoms with van der Waals surface area (Å²) in [6.07, 6.45) is 3.03. The lowest BCUT2D eigenvalue weighted by Crippen LogP contribution is -2.10. The second kappa shape index (κ2) is 6.52. The summed E-state index contributed by atoms with van der Waals surface area (Å²) in [5.74, 6) is 0. The molecule has 3 aromatic rings. The number of nitrogens with one attached hydrogen (secondary N) is 1. The van der Waals surface area contributed by atoms with E-state index in [9.17, 15) is 8.42 Å². The van der Waals surface area contributed by atoms with Crippen LogP contribution in [0.4, 0.5) is 5.69 Å². The molecule has 0 aliphatic carbocycles. The lowest BCUT2D eigenvalue weighted by molar-refractivity contribution is 0.603. The molecule has 0 atom stereocenters. The van der Waals surface area contributed by atoms with Crippen LogP contribution in [0, 0.1) is 0 Å². The van der Waals surface area contributed by atoms with E-state index in [0.29, 0.717) is 22.3 Å². The normalized spacial score (nSPS) is 11.6. The van der Waals surface area contributed by atoms with Gasteiger partial charge in [0.1, 0.15) is 4.21 Å². The first-order valence-electron chi connectivity index (χ1n) is 6.47. The lowest BCUT2D eigenvalue weighted by atomic mass is 10.2. The van der Waals surface area contributed by atoms with Crippen molar-refractivity contribution in [2.45, 2.75) is 10.8 Å². The Balaban J connectivity index is 1.79. The highest BCUT2D eigenvalue weighted by molar-refractivity contribution is 7.94. The Kier molecular flexibility index (Phi) is 4.63. The summed E-state index contributed by atoms with van der Waals surface area (Å²) in [4.78, 5) is 0. The first kappa shape index (κ1) is 16.3. The molecule has 2 aromatic heterocycles. The molecule has 0 radical (unpaired) electrons. The molecule has 1 N–H and O–H groups in total. The summed E-state index contributed by atoms with van der Waals surface area (Å²) in [6.45, 7) is 0.346. The maximum Gasteiger partial charge on any atom is 0.271 e. The fourth-order valence-electron chi connectivity index (χ4n) is 1.97. The monoisotopic (exact) mass is 387 g/mol. The fraction of sp³-hybridized carbons (Fsp3) is 0.0714. The molecular formula is C14H11Cl2N3O2S2. The Hall–Kier alpha value is -1.54. The van der Waals surface area contributed by atoms with E-state index >= 15 is 0 Å². The quantitative estimate of drug-likeness (QED) is 0.716. The average Bonchev–Trinajstić information content (AvgIpc) is 3.14. The minimum Gasteiger partial charge on any atom is -0.276 e. The smallest absolute Gasteiger partial charge is 0.271 e. The minimum atomic E-state index is -3.58. The number of hydrogen-bond donors (Lipinski definition) is 1. The van der Waals surface area contributed by atoms with E-state index in [0.717, 1.165) is 16.9 Å². The van der Waals surface area contributed by atoms with Gasteiger partial charge in [-0.15, -0.1) is 11.3 Å². The third-order valence-electron chi connectivity index (χ3n) is 3.03. The van der Waals surface area contributed by atoms with Crippen LogP contribution in [0.25, 0.3) is 0 Å². The zero-order valence-electron chi connectivity index (χ0n) is 11.6. The van der Waals surface area contributed by atoms with E-state index in [4.69, 9.17) is 23.2 Å². The molecule has 0 aliphatic rings. The van der Waals surface area contributed by atoms with Gasteiger partial charge in [-0.1, -0.05) is 35.3 Å². The SMILES string of the molecule is O=S(=O)(Nc1cnn(Cc2c(Cl)cccc2Cl)c1)c1cccs1. The van der Waals surface area contributed by atoms with Crippen LogP contribution < -0.4 is 4.72 Å². The number of aromatic nitrogens is 2. The predicted molar refractivity (Wildman–Crippen MR) is 92.9 cm³/mol. The van der Waals surface area contributed by atoms with Crippen molar-refractivity contribution in [1.82, 2.24) is 9.78 Å². The topological polar surface area (TPSA) is 64.0 Å². The summed E-state index contributed by atoms with van der Waals surface area (Å²) in [5.41, 5.74) is 1.10. The molecule has 0 fully saturated rings. The van der Waals surface area contributed by atoms with Crippen molar-refractivity contribution in [3.63, 3.8) is 0 Å². The Bertz CT molecular complexity index is 901. The molecule has 0 amide bonds. The lowest BCUT2D eigenvalue weighted by Gasteiger charge is -2.07. The minimum absolute atomic E-state index is 0.249. The molecular weight excluding hydrogens is 377 g/mol. The van der Waals surface area contributed by atoms with E-state index in [-0.39, 0.29) is 4.21 Å². The van der Waals surface area contributed by atoms with Crippen LogP contribution in [-0.2, 0) is 16.6 Å². The van der Waals surface area contributed by atoms with Crippen molar-refractivity contribution < 1.29 is 8.42 Å². The Morgan fingerprint density at radius 1 is 1.17 bits per heavy atom. The Morgan fingerprint density at radius 2 is 1.91 bits per heavy atom. The zero-order valence-corrected chi connectivity index (χ0v) is 14.8. The van der Waals surface area contributed by atoms with Crippen molar-refractivity contribution in [2.75, 3.05) is 4.72 Å². The van der Waals surface area contributed by atoms with Crippen LogP contribution in [0.1, 0.15) is 5.56 Å². The third kappa shape index (κ3) is 3.69. The number of sulfonamides is 1. The number of halogens is 2. The van der Waals surface area contributed by atoms with Gasteiger partial charge in [0.2, 0.25) is 0 Å². The van der Waals surface area contributed by atoms with Crippen LogP contribution in [0.15, 0.2) is 52.3 Å². The molecule has 5 nitrogen and oxygen atoms in total. The molecule has 3 rings (SSSR count). The van der Waals surface area contributed by atoms with E-state index < -0.39 is 10.0 Å². The average molecular weight is 388 g/mol. The predicted octanol–water partition coefficient (Wildman–Crippen LogP) is 4.10. The van der Waals surface area contributed by atoms with Crippen molar-refractivity contribution in [3.05, 3.63) is 63.7 Å².